The molecule has 4 nitrogen and oxygen atoms in total. The lowest BCUT2D eigenvalue weighted by molar-refractivity contribution is -0.115. The Morgan fingerprint density at radius 1 is 1.24 bits per heavy atom. The number of carbonyl (C=O) groups is 1. The first-order valence-electron chi connectivity index (χ1n) is 7.13. The zero-order valence-electron chi connectivity index (χ0n) is 12.1. The van der Waals surface area contributed by atoms with E-state index >= 15 is 0 Å². The molecule has 0 aliphatic carbocycles. The molecule has 108 valence electrons. The summed E-state index contributed by atoms with van der Waals surface area (Å²) in [5.41, 5.74) is 10.7. The van der Waals surface area contributed by atoms with Crippen LogP contribution in [0.5, 0.6) is 0 Å². The first kappa shape index (κ1) is 13.5. The normalized spacial score (nSPS) is 13.1. The zero-order valence-corrected chi connectivity index (χ0v) is 12.1. The Kier molecular flexibility index (Phi) is 3.52. The molecule has 0 unspecified atom stereocenters. The van der Waals surface area contributed by atoms with Gasteiger partial charge in [0.1, 0.15) is 0 Å². The van der Waals surface area contributed by atoms with Gasteiger partial charge in [0, 0.05) is 12.2 Å². The summed E-state index contributed by atoms with van der Waals surface area (Å²) in [7, 11) is 0. The minimum absolute atomic E-state index is 0.0345. The molecule has 2 aromatic carbocycles. The number of amides is 1. The number of nitrogens with one attached hydrogen (secondary N) is 1. The number of para-hydroxylation sites is 2. The molecule has 4 heteroatoms. The number of aryl methyl sites for hydroxylation is 1. The van der Waals surface area contributed by atoms with Crippen LogP contribution in [-0.4, -0.2) is 19.0 Å². The lowest BCUT2D eigenvalue weighted by Crippen LogP contribution is -2.32. The number of nitrogens with zero attached hydrogens (tertiary/aromatic N) is 1. The number of rotatable bonds is 3. The Hall–Kier alpha value is -2.49. The van der Waals surface area contributed by atoms with E-state index in [9.17, 15) is 4.79 Å². The van der Waals surface area contributed by atoms with E-state index in [1.807, 2.05) is 31.2 Å². The molecule has 2 aromatic rings. The van der Waals surface area contributed by atoms with Crippen molar-refractivity contribution in [3.63, 3.8) is 0 Å². The summed E-state index contributed by atoms with van der Waals surface area (Å²) in [6, 6.07) is 13.9. The van der Waals surface area contributed by atoms with Gasteiger partial charge in [-0.15, -0.1) is 0 Å². The maximum Gasteiger partial charge on any atom is 0.243 e. The second-order valence-electron chi connectivity index (χ2n) is 5.39. The Morgan fingerprint density at radius 2 is 2.05 bits per heavy atom. The largest absolute Gasteiger partial charge is 0.397 e. The van der Waals surface area contributed by atoms with Crippen molar-refractivity contribution in [3.05, 3.63) is 53.6 Å². The van der Waals surface area contributed by atoms with Crippen LogP contribution in [0.4, 0.5) is 17.1 Å². The lowest BCUT2D eigenvalue weighted by atomic mass is 10.1. The van der Waals surface area contributed by atoms with Gasteiger partial charge >= 0.3 is 0 Å². The number of anilines is 3. The third kappa shape index (κ3) is 2.70. The number of fused-ring (bicyclic) bond motifs is 1. The van der Waals surface area contributed by atoms with Gasteiger partial charge in [-0.25, -0.2) is 0 Å². The lowest BCUT2D eigenvalue weighted by Gasteiger charge is -2.19. The average Bonchev–Trinajstić information content (AvgIpc) is 2.87. The number of nitrogens with two attached hydrogens (primary N) is 1. The molecule has 0 fully saturated rings. The van der Waals surface area contributed by atoms with Gasteiger partial charge in [-0.1, -0.05) is 30.3 Å². The van der Waals surface area contributed by atoms with Crippen molar-refractivity contribution in [3.8, 4) is 0 Å². The summed E-state index contributed by atoms with van der Waals surface area (Å²) in [6.07, 6.45) is 0.996. The van der Waals surface area contributed by atoms with Crippen LogP contribution in [0.15, 0.2) is 42.5 Å². The van der Waals surface area contributed by atoms with Crippen LogP contribution in [0, 0.1) is 6.92 Å². The summed E-state index contributed by atoms with van der Waals surface area (Å²) >= 11 is 0. The Bertz CT molecular complexity index is 661. The highest BCUT2D eigenvalue weighted by atomic mass is 16.2. The molecule has 1 aliphatic rings. The summed E-state index contributed by atoms with van der Waals surface area (Å²) in [4.78, 5) is 14.4. The predicted octanol–water partition coefficient (Wildman–Crippen LogP) is 2.58. The zero-order chi connectivity index (χ0) is 14.8. The van der Waals surface area contributed by atoms with Gasteiger partial charge in [0.05, 0.1) is 17.9 Å². The van der Waals surface area contributed by atoms with Crippen molar-refractivity contribution in [2.45, 2.75) is 13.3 Å². The Labute approximate surface area is 124 Å². The maximum absolute atomic E-state index is 12.3. The van der Waals surface area contributed by atoms with E-state index in [0.29, 0.717) is 12.2 Å². The fourth-order valence-electron chi connectivity index (χ4n) is 2.78. The highest BCUT2D eigenvalue weighted by Crippen LogP contribution is 2.27. The molecular weight excluding hydrogens is 262 g/mol. The van der Waals surface area contributed by atoms with Crippen molar-refractivity contribution in [2.24, 2.45) is 0 Å². The van der Waals surface area contributed by atoms with Crippen molar-refractivity contribution >= 4 is 23.0 Å². The Balaban J connectivity index is 1.71. The minimum atomic E-state index is -0.0345. The molecule has 0 bridgehead atoms. The molecule has 0 radical (unpaired) electrons. The Morgan fingerprint density at radius 3 is 2.86 bits per heavy atom. The van der Waals surface area contributed by atoms with Gasteiger partial charge in [0.25, 0.3) is 0 Å². The predicted molar refractivity (Wildman–Crippen MR) is 86.6 cm³/mol. The number of hydrogen-bond donors (Lipinski definition) is 2. The molecule has 0 spiro atoms. The summed E-state index contributed by atoms with van der Waals surface area (Å²) in [6.45, 7) is 3.18. The molecule has 0 aromatic heterocycles. The third-order valence-corrected chi connectivity index (χ3v) is 3.89. The second kappa shape index (κ2) is 5.48. The third-order valence-electron chi connectivity index (χ3n) is 3.89. The molecule has 0 saturated heterocycles. The topological polar surface area (TPSA) is 58.4 Å². The van der Waals surface area contributed by atoms with Crippen LogP contribution in [-0.2, 0) is 11.2 Å². The van der Waals surface area contributed by atoms with Crippen molar-refractivity contribution in [2.75, 3.05) is 29.0 Å². The van der Waals surface area contributed by atoms with E-state index in [4.69, 9.17) is 5.73 Å². The fourth-order valence-corrected chi connectivity index (χ4v) is 2.78. The van der Waals surface area contributed by atoms with Gasteiger partial charge in [0.2, 0.25) is 5.91 Å². The van der Waals surface area contributed by atoms with Gasteiger partial charge < -0.3 is 16.0 Å². The van der Waals surface area contributed by atoms with E-state index < -0.39 is 0 Å². The van der Waals surface area contributed by atoms with E-state index in [2.05, 4.69) is 22.3 Å². The second-order valence-corrected chi connectivity index (χ2v) is 5.39. The monoisotopic (exact) mass is 281 g/mol. The van der Waals surface area contributed by atoms with E-state index in [-0.39, 0.29) is 5.91 Å². The average molecular weight is 281 g/mol. The van der Waals surface area contributed by atoms with Gasteiger partial charge in [-0.05, 0) is 36.6 Å². The SMILES string of the molecule is Cc1cccc(N)c1NC(=O)CN1CCc2ccccc21. The van der Waals surface area contributed by atoms with Crippen LogP contribution >= 0.6 is 0 Å². The summed E-state index contributed by atoms with van der Waals surface area (Å²) in [5.74, 6) is -0.0345. The molecule has 0 saturated carbocycles. The highest BCUT2D eigenvalue weighted by Gasteiger charge is 2.20. The van der Waals surface area contributed by atoms with E-state index in [1.165, 1.54) is 5.56 Å². The quantitative estimate of drug-likeness (QED) is 0.850. The minimum Gasteiger partial charge on any atom is -0.397 e. The number of hydrogen-bond acceptors (Lipinski definition) is 3. The van der Waals surface area contributed by atoms with Crippen molar-refractivity contribution < 1.29 is 4.79 Å². The highest BCUT2D eigenvalue weighted by molar-refractivity contribution is 5.97. The van der Waals surface area contributed by atoms with Gasteiger partial charge in [-0.3, -0.25) is 4.79 Å². The van der Waals surface area contributed by atoms with E-state index in [0.717, 1.165) is 29.9 Å². The van der Waals surface area contributed by atoms with Crippen LogP contribution in [0.2, 0.25) is 0 Å². The summed E-state index contributed by atoms with van der Waals surface area (Å²) < 4.78 is 0. The van der Waals surface area contributed by atoms with Crippen LogP contribution in [0.1, 0.15) is 11.1 Å². The molecule has 1 amide bonds. The molecule has 3 rings (SSSR count). The number of benzene rings is 2. The standard InChI is InChI=1S/C17H19N3O/c1-12-5-4-7-14(18)17(12)19-16(21)11-20-10-9-13-6-2-3-8-15(13)20/h2-8H,9-11,18H2,1H3,(H,19,21). The smallest absolute Gasteiger partial charge is 0.243 e. The molecule has 21 heavy (non-hydrogen) atoms. The first-order valence-corrected chi connectivity index (χ1v) is 7.13. The van der Waals surface area contributed by atoms with E-state index in [1.54, 1.807) is 6.07 Å². The first-order chi connectivity index (χ1) is 10.1. The molecule has 1 aliphatic heterocycles. The molecular formula is C17H19N3O. The van der Waals surface area contributed by atoms with Crippen LogP contribution in [0.25, 0.3) is 0 Å². The summed E-state index contributed by atoms with van der Waals surface area (Å²) in [5, 5.41) is 2.93. The molecule has 1 heterocycles. The molecule has 0 atom stereocenters. The van der Waals surface area contributed by atoms with Crippen molar-refractivity contribution in [1.29, 1.82) is 0 Å². The number of carbonyl (C=O) groups excluding carboxylic acids is 1. The number of nitrogen functional groups attached to an aromatic ring is 1. The fraction of sp³-hybridized carbons (Fsp3) is 0.235. The van der Waals surface area contributed by atoms with Crippen LogP contribution < -0.4 is 16.0 Å². The molecule has 3 N–H and O–H groups in total. The van der Waals surface area contributed by atoms with Gasteiger partial charge in [0.15, 0.2) is 0 Å². The van der Waals surface area contributed by atoms with Crippen LogP contribution in [0.3, 0.4) is 0 Å². The maximum atomic E-state index is 12.3. The van der Waals surface area contributed by atoms with Crippen molar-refractivity contribution in [1.82, 2.24) is 0 Å². The van der Waals surface area contributed by atoms with Gasteiger partial charge in [-0.2, -0.15) is 0 Å².